The Labute approximate surface area is 95.2 Å². The zero-order valence-electron chi connectivity index (χ0n) is 9.53. The zero-order valence-corrected chi connectivity index (χ0v) is 9.53. The van der Waals surface area contributed by atoms with Crippen LogP contribution in [0.1, 0.15) is 18.9 Å². The molecule has 0 aliphatic heterocycles. The minimum absolute atomic E-state index is 0.634. The van der Waals surface area contributed by atoms with Crippen LogP contribution >= 0.6 is 0 Å². The lowest BCUT2D eigenvalue weighted by Crippen LogP contribution is -2.01. The number of hydrogen-bond acceptors (Lipinski definition) is 3. The van der Waals surface area contributed by atoms with Crippen LogP contribution < -0.4 is 10.5 Å². The van der Waals surface area contributed by atoms with E-state index in [0.29, 0.717) is 13.2 Å². The van der Waals surface area contributed by atoms with Gasteiger partial charge in [0.05, 0.1) is 12.9 Å². The predicted molar refractivity (Wildman–Crippen MR) is 64.8 cm³/mol. The van der Waals surface area contributed by atoms with Crippen molar-refractivity contribution in [3.8, 4) is 5.75 Å². The Balaban J connectivity index is 2.36. The normalized spacial score (nSPS) is 10.9. The maximum absolute atomic E-state index is 5.63. The van der Waals surface area contributed by atoms with Gasteiger partial charge in [0.25, 0.3) is 0 Å². The fourth-order valence-electron chi connectivity index (χ4n) is 1.76. The molecule has 0 aliphatic rings. The number of hydrogen-bond donors (Lipinski definition) is 1. The van der Waals surface area contributed by atoms with E-state index in [2.05, 4.69) is 6.92 Å². The van der Waals surface area contributed by atoms with Crippen molar-refractivity contribution in [2.75, 3.05) is 13.2 Å². The van der Waals surface area contributed by atoms with E-state index in [4.69, 9.17) is 14.9 Å². The van der Waals surface area contributed by atoms with Gasteiger partial charge in [0.15, 0.2) is 11.3 Å². The number of para-hydroxylation sites is 1. The molecule has 0 atom stereocenters. The number of nitrogens with two attached hydrogens (primary N) is 1. The molecular weight excluding hydrogens is 202 g/mol. The topological polar surface area (TPSA) is 48.4 Å². The van der Waals surface area contributed by atoms with Gasteiger partial charge >= 0.3 is 0 Å². The van der Waals surface area contributed by atoms with Crippen molar-refractivity contribution in [3.05, 3.63) is 30.0 Å². The second-order valence-corrected chi connectivity index (χ2v) is 3.78. The molecule has 2 N–H and O–H groups in total. The lowest BCUT2D eigenvalue weighted by Gasteiger charge is -2.04. The molecule has 86 valence electrons. The van der Waals surface area contributed by atoms with Crippen molar-refractivity contribution in [1.82, 2.24) is 0 Å². The summed E-state index contributed by atoms with van der Waals surface area (Å²) in [5, 5.41) is 1.11. The second-order valence-electron chi connectivity index (χ2n) is 3.78. The molecule has 0 radical (unpaired) electrons. The van der Waals surface area contributed by atoms with Gasteiger partial charge in [-0.05, 0) is 31.0 Å². The number of furan rings is 1. The Morgan fingerprint density at radius 1 is 1.38 bits per heavy atom. The molecule has 0 amide bonds. The fourth-order valence-corrected chi connectivity index (χ4v) is 1.76. The molecular formula is C13H17NO2. The summed E-state index contributed by atoms with van der Waals surface area (Å²) < 4.78 is 11.2. The molecule has 16 heavy (non-hydrogen) atoms. The quantitative estimate of drug-likeness (QED) is 0.841. The lowest BCUT2D eigenvalue weighted by atomic mass is 10.1. The molecule has 0 saturated heterocycles. The van der Waals surface area contributed by atoms with Crippen LogP contribution in [0.15, 0.2) is 28.9 Å². The van der Waals surface area contributed by atoms with E-state index in [-0.39, 0.29) is 0 Å². The standard InChI is InChI=1S/C13H17NO2/c1-2-8-15-12-5-3-4-11-10(6-7-14)9-16-13(11)12/h3-5,9H,2,6-8,14H2,1H3. The highest BCUT2D eigenvalue weighted by Crippen LogP contribution is 2.29. The minimum atomic E-state index is 0.634. The lowest BCUT2D eigenvalue weighted by molar-refractivity contribution is 0.316. The van der Waals surface area contributed by atoms with Gasteiger partial charge in [-0.2, -0.15) is 0 Å². The maximum Gasteiger partial charge on any atom is 0.175 e. The first kappa shape index (κ1) is 11.0. The second kappa shape index (κ2) is 5.03. The van der Waals surface area contributed by atoms with Gasteiger partial charge in [-0.25, -0.2) is 0 Å². The van der Waals surface area contributed by atoms with Crippen molar-refractivity contribution in [2.24, 2.45) is 5.73 Å². The van der Waals surface area contributed by atoms with Crippen LogP contribution in [0.25, 0.3) is 11.0 Å². The van der Waals surface area contributed by atoms with Gasteiger partial charge in [-0.15, -0.1) is 0 Å². The van der Waals surface area contributed by atoms with Gasteiger partial charge in [0, 0.05) is 5.39 Å². The monoisotopic (exact) mass is 219 g/mol. The number of ether oxygens (including phenoxy) is 1. The van der Waals surface area contributed by atoms with Crippen LogP contribution in [0.2, 0.25) is 0 Å². The van der Waals surface area contributed by atoms with Crippen LogP contribution in [-0.2, 0) is 6.42 Å². The molecule has 2 aromatic rings. The van der Waals surface area contributed by atoms with Crippen LogP contribution in [0, 0.1) is 0 Å². The van der Waals surface area contributed by atoms with Crippen molar-refractivity contribution in [2.45, 2.75) is 19.8 Å². The average molecular weight is 219 g/mol. The zero-order chi connectivity index (χ0) is 11.4. The molecule has 0 unspecified atom stereocenters. The first-order valence-corrected chi connectivity index (χ1v) is 5.68. The molecule has 1 aromatic heterocycles. The molecule has 3 heteroatoms. The molecule has 1 heterocycles. The molecule has 0 aliphatic carbocycles. The third-order valence-electron chi connectivity index (χ3n) is 2.52. The van der Waals surface area contributed by atoms with Crippen LogP contribution in [0.4, 0.5) is 0 Å². The van der Waals surface area contributed by atoms with E-state index in [0.717, 1.165) is 35.1 Å². The number of benzene rings is 1. The summed E-state index contributed by atoms with van der Waals surface area (Å²) >= 11 is 0. The van der Waals surface area contributed by atoms with Crippen LogP contribution in [0.3, 0.4) is 0 Å². The van der Waals surface area contributed by atoms with E-state index in [1.807, 2.05) is 18.2 Å². The van der Waals surface area contributed by atoms with E-state index < -0.39 is 0 Å². The molecule has 0 fully saturated rings. The van der Waals surface area contributed by atoms with Crippen molar-refractivity contribution >= 4 is 11.0 Å². The number of rotatable bonds is 5. The SMILES string of the molecule is CCCOc1cccc2c(CCN)coc12. The van der Waals surface area contributed by atoms with E-state index in [1.54, 1.807) is 6.26 Å². The Kier molecular flexibility index (Phi) is 3.47. The van der Waals surface area contributed by atoms with E-state index in [1.165, 1.54) is 0 Å². The van der Waals surface area contributed by atoms with Crippen LogP contribution in [0.5, 0.6) is 5.75 Å². The average Bonchev–Trinajstić information content (AvgIpc) is 2.71. The van der Waals surface area contributed by atoms with Gasteiger partial charge in [0.2, 0.25) is 0 Å². The van der Waals surface area contributed by atoms with Crippen molar-refractivity contribution in [3.63, 3.8) is 0 Å². The van der Waals surface area contributed by atoms with Gasteiger partial charge in [-0.1, -0.05) is 19.1 Å². The molecule has 2 rings (SSSR count). The van der Waals surface area contributed by atoms with Gasteiger partial charge in [0.1, 0.15) is 0 Å². The molecule has 0 saturated carbocycles. The first-order valence-electron chi connectivity index (χ1n) is 5.68. The maximum atomic E-state index is 5.63. The molecule has 0 spiro atoms. The smallest absolute Gasteiger partial charge is 0.175 e. The molecule has 1 aromatic carbocycles. The largest absolute Gasteiger partial charge is 0.490 e. The fraction of sp³-hybridized carbons (Fsp3) is 0.385. The molecule has 0 bridgehead atoms. The highest BCUT2D eigenvalue weighted by molar-refractivity contribution is 5.86. The summed E-state index contributed by atoms with van der Waals surface area (Å²) in [6.45, 7) is 3.43. The Bertz CT molecular complexity index is 462. The summed E-state index contributed by atoms with van der Waals surface area (Å²) in [5.74, 6) is 0.822. The highest BCUT2D eigenvalue weighted by atomic mass is 16.5. The Morgan fingerprint density at radius 3 is 3.00 bits per heavy atom. The van der Waals surface area contributed by atoms with Crippen LogP contribution in [-0.4, -0.2) is 13.2 Å². The van der Waals surface area contributed by atoms with Crippen molar-refractivity contribution in [1.29, 1.82) is 0 Å². The number of fused-ring (bicyclic) bond motifs is 1. The van der Waals surface area contributed by atoms with Gasteiger partial charge < -0.3 is 14.9 Å². The minimum Gasteiger partial charge on any atom is -0.490 e. The Morgan fingerprint density at radius 2 is 2.25 bits per heavy atom. The van der Waals surface area contributed by atoms with Crippen molar-refractivity contribution < 1.29 is 9.15 Å². The van der Waals surface area contributed by atoms with Gasteiger partial charge in [-0.3, -0.25) is 0 Å². The first-order chi connectivity index (χ1) is 7.86. The molecule has 3 nitrogen and oxygen atoms in total. The predicted octanol–water partition coefficient (Wildman–Crippen LogP) is 2.72. The summed E-state index contributed by atoms with van der Waals surface area (Å²) in [7, 11) is 0. The van der Waals surface area contributed by atoms with E-state index in [9.17, 15) is 0 Å². The summed E-state index contributed by atoms with van der Waals surface area (Å²) in [6.07, 6.45) is 3.60. The van der Waals surface area contributed by atoms with E-state index >= 15 is 0 Å². The Hall–Kier alpha value is -1.48. The third-order valence-corrected chi connectivity index (χ3v) is 2.52. The highest BCUT2D eigenvalue weighted by Gasteiger charge is 2.09. The summed E-state index contributed by atoms with van der Waals surface area (Å²) in [6, 6.07) is 5.97. The summed E-state index contributed by atoms with van der Waals surface area (Å²) in [5.41, 5.74) is 7.54. The third kappa shape index (κ3) is 2.04. The summed E-state index contributed by atoms with van der Waals surface area (Å²) in [4.78, 5) is 0.